The first-order valence-corrected chi connectivity index (χ1v) is 14.2. The number of urea groups is 1. The molecule has 1 atom stereocenters. The van der Waals surface area contributed by atoms with Crippen molar-refractivity contribution in [2.24, 2.45) is 0 Å². The minimum absolute atomic E-state index is 0.0891. The first-order chi connectivity index (χ1) is 19.4. The predicted molar refractivity (Wildman–Crippen MR) is 150 cm³/mol. The Hall–Kier alpha value is -3.56. The standard InChI is InChI=1S/C31H35F2N5O2/c32-24-9-10-26(33)25(18-24)28-19-34-14-15-38(28)30(40)36-16-17-37(31(21-36)12-4-5-13-31)20-23-8-11-27(35-29(23)39)22-6-2-1-3-7-22/h1-3,6-11,18,28,34H,4-5,12-17,19-21H2,(H,35,39)/t28-/m0/s1. The fraction of sp³-hybridized carbons (Fsp3) is 0.419. The van der Waals surface area contributed by atoms with E-state index in [4.69, 9.17) is 0 Å². The number of nitrogens with one attached hydrogen (secondary N) is 2. The summed E-state index contributed by atoms with van der Waals surface area (Å²) in [7, 11) is 0. The van der Waals surface area contributed by atoms with E-state index < -0.39 is 17.7 Å². The highest BCUT2D eigenvalue weighted by atomic mass is 19.1. The average Bonchev–Trinajstić information content (AvgIpc) is 3.45. The summed E-state index contributed by atoms with van der Waals surface area (Å²) >= 11 is 0. The number of aromatic amines is 1. The summed E-state index contributed by atoms with van der Waals surface area (Å²) in [5.74, 6) is -1.02. The zero-order valence-corrected chi connectivity index (χ0v) is 22.5. The second-order valence-electron chi connectivity index (χ2n) is 11.2. The molecule has 0 unspecified atom stereocenters. The van der Waals surface area contributed by atoms with Crippen molar-refractivity contribution in [3.63, 3.8) is 0 Å². The molecule has 40 heavy (non-hydrogen) atoms. The number of carbonyl (C=O) groups is 1. The summed E-state index contributed by atoms with van der Waals surface area (Å²) in [5, 5.41) is 3.23. The summed E-state index contributed by atoms with van der Waals surface area (Å²) < 4.78 is 28.7. The van der Waals surface area contributed by atoms with Crippen molar-refractivity contribution < 1.29 is 13.6 Å². The van der Waals surface area contributed by atoms with Crippen molar-refractivity contribution in [2.75, 3.05) is 39.3 Å². The molecule has 7 nitrogen and oxygen atoms in total. The van der Waals surface area contributed by atoms with Gasteiger partial charge >= 0.3 is 6.03 Å². The minimum Gasteiger partial charge on any atom is -0.322 e. The van der Waals surface area contributed by atoms with Crippen molar-refractivity contribution >= 4 is 6.03 Å². The van der Waals surface area contributed by atoms with Crippen LogP contribution in [0.4, 0.5) is 13.6 Å². The van der Waals surface area contributed by atoms with Crippen LogP contribution in [0.1, 0.15) is 42.9 Å². The lowest BCUT2D eigenvalue weighted by atomic mass is 9.91. The molecule has 3 aliphatic rings. The normalized spacial score (nSPS) is 21.2. The van der Waals surface area contributed by atoms with E-state index >= 15 is 0 Å². The molecule has 210 valence electrons. The van der Waals surface area contributed by atoms with Crippen molar-refractivity contribution in [1.29, 1.82) is 0 Å². The van der Waals surface area contributed by atoms with Crippen LogP contribution in [0.25, 0.3) is 11.3 Å². The van der Waals surface area contributed by atoms with Gasteiger partial charge in [-0.3, -0.25) is 9.69 Å². The molecule has 9 heteroatoms. The molecule has 0 radical (unpaired) electrons. The van der Waals surface area contributed by atoms with Gasteiger partial charge in [-0.15, -0.1) is 0 Å². The maximum atomic E-state index is 14.7. The van der Waals surface area contributed by atoms with Gasteiger partial charge in [-0.1, -0.05) is 49.2 Å². The summed E-state index contributed by atoms with van der Waals surface area (Å²) in [6.45, 7) is 3.66. The number of H-pyrrole nitrogens is 1. The molecule has 2 aliphatic heterocycles. The minimum atomic E-state index is -0.573. The van der Waals surface area contributed by atoms with Gasteiger partial charge in [-0.25, -0.2) is 13.6 Å². The molecular weight excluding hydrogens is 512 g/mol. The molecule has 3 heterocycles. The van der Waals surface area contributed by atoms with E-state index in [-0.39, 0.29) is 22.7 Å². The number of pyridine rings is 1. The lowest BCUT2D eigenvalue weighted by Crippen LogP contribution is -2.64. The Morgan fingerprint density at radius 2 is 1.77 bits per heavy atom. The molecule has 1 aromatic heterocycles. The van der Waals surface area contributed by atoms with Crippen molar-refractivity contribution in [3.8, 4) is 11.3 Å². The summed E-state index contributed by atoms with van der Waals surface area (Å²) in [6, 6.07) is 16.4. The number of hydrogen-bond acceptors (Lipinski definition) is 4. The number of piperazine rings is 2. The highest BCUT2D eigenvalue weighted by molar-refractivity contribution is 5.75. The fourth-order valence-corrected chi connectivity index (χ4v) is 6.71. The van der Waals surface area contributed by atoms with Gasteiger partial charge < -0.3 is 20.1 Å². The van der Waals surface area contributed by atoms with Crippen LogP contribution in [0.5, 0.6) is 0 Å². The van der Waals surface area contributed by atoms with Crippen molar-refractivity contribution in [3.05, 3.63) is 93.8 Å². The second-order valence-corrected chi connectivity index (χ2v) is 11.2. The summed E-state index contributed by atoms with van der Waals surface area (Å²) in [6.07, 6.45) is 4.07. The van der Waals surface area contributed by atoms with Crippen LogP contribution in [0.3, 0.4) is 0 Å². The number of nitrogens with zero attached hydrogens (tertiary/aromatic N) is 3. The number of benzene rings is 2. The quantitative estimate of drug-likeness (QED) is 0.504. The van der Waals surface area contributed by atoms with E-state index in [0.717, 1.165) is 54.6 Å². The molecule has 1 aliphatic carbocycles. The molecular formula is C31H35F2N5O2. The molecule has 2 saturated heterocycles. The van der Waals surface area contributed by atoms with Crippen molar-refractivity contribution in [2.45, 2.75) is 43.8 Å². The van der Waals surface area contributed by atoms with E-state index in [9.17, 15) is 18.4 Å². The van der Waals surface area contributed by atoms with Crippen LogP contribution >= 0.6 is 0 Å². The number of hydrogen-bond donors (Lipinski definition) is 2. The molecule has 1 saturated carbocycles. The molecule has 0 bridgehead atoms. The van der Waals surface area contributed by atoms with Gasteiger partial charge in [-0.2, -0.15) is 0 Å². The molecule has 1 spiro atoms. The first kappa shape index (κ1) is 26.7. The van der Waals surface area contributed by atoms with Gasteiger partial charge in [0.05, 0.1) is 6.04 Å². The number of halogens is 2. The van der Waals surface area contributed by atoms with Crippen LogP contribution in [0.2, 0.25) is 0 Å². The third-order valence-corrected chi connectivity index (χ3v) is 8.84. The molecule has 6 rings (SSSR count). The number of amides is 2. The average molecular weight is 548 g/mol. The Morgan fingerprint density at radius 3 is 2.55 bits per heavy atom. The van der Waals surface area contributed by atoms with Gasteiger partial charge in [0.15, 0.2) is 0 Å². The first-order valence-electron chi connectivity index (χ1n) is 14.2. The Labute approximate surface area is 232 Å². The highest BCUT2D eigenvalue weighted by Gasteiger charge is 2.46. The zero-order valence-electron chi connectivity index (χ0n) is 22.5. The third-order valence-electron chi connectivity index (χ3n) is 8.84. The lowest BCUT2D eigenvalue weighted by Gasteiger charge is -2.51. The molecule has 2 aromatic carbocycles. The maximum absolute atomic E-state index is 14.7. The van der Waals surface area contributed by atoms with E-state index in [1.54, 1.807) is 4.90 Å². The van der Waals surface area contributed by atoms with Crippen LogP contribution < -0.4 is 10.9 Å². The Kier molecular flexibility index (Phi) is 7.42. The largest absolute Gasteiger partial charge is 0.322 e. The highest BCUT2D eigenvalue weighted by Crippen LogP contribution is 2.39. The van der Waals surface area contributed by atoms with Crippen LogP contribution in [-0.4, -0.2) is 70.5 Å². The summed E-state index contributed by atoms with van der Waals surface area (Å²) in [5.41, 5.74) is 2.39. The van der Waals surface area contributed by atoms with E-state index in [0.29, 0.717) is 45.8 Å². The van der Waals surface area contributed by atoms with E-state index in [1.807, 2.05) is 47.4 Å². The Balaban J connectivity index is 1.20. The second kappa shape index (κ2) is 11.1. The van der Waals surface area contributed by atoms with Crippen LogP contribution in [0, 0.1) is 11.6 Å². The predicted octanol–water partition coefficient (Wildman–Crippen LogP) is 4.52. The van der Waals surface area contributed by atoms with Gasteiger partial charge in [-0.05, 0) is 42.7 Å². The van der Waals surface area contributed by atoms with Gasteiger partial charge in [0.2, 0.25) is 0 Å². The zero-order chi connectivity index (χ0) is 27.7. The van der Waals surface area contributed by atoms with Gasteiger partial charge in [0.25, 0.3) is 5.56 Å². The molecule has 3 fully saturated rings. The maximum Gasteiger partial charge on any atom is 0.320 e. The summed E-state index contributed by atoms with van der Waals surface area (Å²) in [4.78, 5) is 36.0. The Bertz CT molecular complexity index is 1420. The van der Waals surface area contributed by atoms with Crippen LogP contribution in [-0.2, 0) is 6.54 Å². The van der Waals surface area contributed by atoms with Gasteiger partial charge in [0, 0.05) is 68.2 Å². The monoisotopic (exact) mass is 547 g/mol. The number of rotatable bonds is 4. The van der Waals surface area contributed by atoms with Gasteiger partial charge in [0.1, 0.15) is 11.6 Å². The third kappa shape index (κ3) is 5.15. The molecule has 2 N–H and O–H groups in total. The number of aromatic nitrogens is 1. The number of carbonyl (C=O) groups excluding carboxylic acids is 1. The SMILES string of the molecule is O=C(N1CCN(Cc2ccc(-c3ccccc3)[nH]c2=O)C2(CCCC2)C1)N1CCNC[C@H]1c1cc(F)ccc1F. The fourth-order valence-electron chi connectivity index (χ4n) is 6.71. The Morgan fingerprint density at radius 1 is 0.975 bits per heavy atom. The molecule has 2 amide bonds. The van der Waals surface area contributed by atoms with Crippen molar-refractivity contribution in [1.82, 2.24) is 25.0 Å². The molecule has 3 aromatic rings. The van der Waals surface area contributed by atoms with E-state index in [1.165, 1.54) is 6.07 Å². The lowest BCUT2D eigenvalue weighted by molar-refractivity contribution is -0.000844. The van der Waals surface area contributed by atoms with Crippen LogP contribution in [0.15, 0.2) is 65.5 Å². The topological polar surface area (TPSA) is 71.7 Å². The van der Waals surface area contributed by atoms with E-state index in [2.05, 4.69) is 15.2 Å². The smallest absolute Gasteiger partial charge is 0.320 e.